The quantitative estimate of drug-likeness (QED) is 0.766. The second-order valence-corrected chi connectivity index (χ2v) is 7.56. The van der Waals surface area contributed by atoms with E-state index in [-0.39, 0.29) is 6.04 Å². The number of benzene rings is 2. The molecule has 1 fully saturated rings. The van der Waals surface area contributed by atoms with Gasteiger partial charge in [-0.1, -0.05) is 30.7 Å². The summed E-state index contributed by atoms with van der Waals surface area (Å²) >= 11 is 0. The number of methoxy groups -OCH3 is 2. The summed E-state index contributed by atoms with van der Waals surface area (Å²) in [5, 5.41) is 9.89. The number of carboxylic acid groups (broad SMARTS) is 1. The number of nitrogens with zero attached hydrogens (tertiary/aromatic N) is 2. The minimum Gasteiger partial charge on any atom is -0.493 e. The number of ether oxygens (including phenoxy) is 2. The zero-order valence-electron chi connectivity index (χ0n) is 17.6. The Labute approximate surface area is 172 Å². The standard InChI is InChI=1S/C23H30N2O4/c1-24(2)17-13-11-16(12-14-17)21(25-15-6-5-9-19(25)23(26)27)18-8-7-10-20(28-3)22(18)29-4/h7-8,10-14,19,21H,5-6,9,15H2,1-4H3,(H,26,27). The third-order valence-electron chi connectivity index (χ3n) is 5.61. The summed E-state index contributed by atoms with van der Waals surface area (Å²) in [4.78, 5) is 16.2. The lowest BCUT2D eigenvalue weighted by molar-refractivity contribution is -0.145. The lowest BCUT2D eigenvalue weighted by Crippen LogP contribution is -2.46. The van der Waals surface area contributed by atoms with Crippen LogP contribution < -0.4 is 14.4 Å². The first kappa shape index (κ1) is 21.0. The van der Waals surface area contributed by atoms with Crippen LogP contribution in [0.2, 0.25) is 0 Å². The molecule has 2 aromatic rings. The van der Waals surface area contributed by atoms with Gasteiger partial charge in [0.2, 0.25) is 0 Å². The van der Waals surface area contributed by atoms with Crippen molar-refractivity contribution in [3.05, 3.63) is 53.6 Å². The molecule has 0 bridgehead atoms. The number of carbonyl (C=O) groups is 1. The summed E-state index contributed by atoms with van der Waals surface area (Å²) in [5.74, 6) is 0.511. The predicted molar refractivity (Wildman–Crippen MR) is 114 cm³/mol. The van der Waals surface area contributed by atoms with Crippen LogP contribution in [0.15, 0.2) is 42.5 Å². The Bertz CT molecular complexity index is 835. The molecule has 1 aliphatic heterocycles. The van der Waals surface area contributed by atoms with E-state index in [1.807, 2.05) is 37.2 Å². The Kier molecular flexibility index (Phi) is 6.64. The second-order valence-electron chi connectivity index (χ2n) is 7.56. The van der Waals surface area contributed by atoms with E-state index < -0.39 is 12.0 Å². The number of hydrogen-bond acceptors (Lipinski definition) is 5. The topological polar surface area (TPSA) is 62.2 Å². The number of likely N-dealkylation sites (tertiary alicyclic amines) is 1. The molecule has 6 nitrogen and oxygen atoms in total. The van der Waals surface area contributed by atoms with Crippen molar-refractivity contribution in [2.45, 2.75) is 31.3 Å². The minimum absolute atomic E-state index is 0.238. The molecule has 0 saturated carbocycles. The van der Waals surface area contributed by atoms with Gasteiger partial charge in [-0.25, -0.2) is 0 Å². The van der Waals surface area contributed by atoms with E-state index in [9.17, 15) is 9.90 Å². The first-order valence-electron chi connectivity index (χ1n) is 9.94. The van der Waals surface area contributed by atoms with Gasteiger partial charge in [-0.05, 0) is 43.1 Å². The third-order valence-corrected chi connectivity index (χ3v) is 5.61. The van der Waals surface area contributed by atoms with Crippen molar-refractivity contribution >= 4 is 11.7 Å². The highest BCUT2D eigenvalue weighted by Crippen LogP contribution is 2.42. The van der Waals surface area contributed by atoms with E-state index in [1.54, 1.807) is 14.2 Å². The lowest BCUT2D eigenvalue weighted by atomic mass is 9.91. The van der Waals surface area contributed by atoms with Gasteiger partial charge in [0.25, 0.3) is 0 Å². The summed E-state index contributed by atoms with van der Waals surface area (Å²) in [5.41, 5.74) is 3.05. The Balaban J connectivity index is 2.15. The van der Waals surface area contributed by atoms with Crippen LogP contribution in [0.25, 0.3) is 0 Å². The van der Waals surface area contributed by atoms with Crippen molar-refractivity contribution < 1.29 is 19.4 Å². The number of aliphatic carboxylic acids is 1. The molecule has 2 aromatic carbocycles. The van der Waals surface area contributed by atoms with Gasteiger partial charge in [0.05, 0.1) is 20.3 Å². The highest BCUT2D eigenvalue weighted by atomic mass is 16.5. The fraction of sp³-hybridized carbons (Fsp3) is 0.435. The molecule has 0 amide bonds. The molecule has 156 valence electrons. The predicted octanol–water partition coefficient (Wildman–Crippen LogP) is 3.80. The zero-order valence-corrected chi connectivity index (χ0v) is 17.6. The summed E-state index contributed by atoms with van der Waals surface area (Å²) in [6.07, 6.45) is 2.55. The first-order chi connectivity index (χ1) is 14.0. The Hall–Kier alpha value is -2.73. The normalized spacial score (nSPS) is 18.1. The Morgan fingerprint density at radius 1 is 1.10 bits per heavy atom. The van der Waals surface area contributed by atoms with E-state index in [0.29, 0.717) is 17.9 Å². The lowest BCUT2D eigenvalue weighted by Gasteiger charge is -2.40. The first-order valence-corrected chi connectivity index (χ1v) is 9.94. The number of rotatable bonds is 7. The van der Waals surface area contributed by atoms with Crippen molar-refractivity contribution in [1.82, 2.24) is 4.90 Å². The van der Waals surface area contributed by atoms with E-state index in [4.69, 9.17) is 9.47 Å². The van der Waals surface area contributed by atoms with Crippen molar-refractivity contribution in [3.63, 3.8) is 0 Å². The smallest absolute Gasteiger partial charge is 0.320 e. The molecule has 0 aromatic heterocycles. The van der Waals surface area contributed by atoms with Crippen molar-refractivity contribution in [2.24, 2.45) is 0 Å². The molecular weight excluding hydrogens is 368 g/mol. The average Bonchev–Trinajstić information content (AvgIpc) is 2.74. The van der Waals surface area contributed by atoms with Gasteiger partial charge in [-0.15, -0.1) is 0 Å². The van der Waals surface area contributed by atoms with Crippen LogP contribution in [0.4, 0.5) is 5.69 Å². The van der Waals surface area contributed by atoms with Crippen LogP contribution in [0, 0.1) is 0 Å². The molecule has 0 radical (unpaired) electrons. The van der Waals surface area contributed by atoms with Crippen LogP contribution in [0.3, 0.4) is 0 Å². The van der Waals surface area contributed by atoms with Crippen molar-refractivity contribution in [2.75, 3.05) is 39.8 Å². The minimum atomic E-state index is -0.776. The zero-order chi connectivity index (χ0) is 21.0. The van der Waals surface area contributed by atoms with Crippen LogP contribution in [0.1, 0.15) is 36.4 Å². The number of piperidine rings is 1. The molecule has 6 heteroatoms. The van der Waals surface area contributed by atoms with Gasteiger partial charge in [0.1, 0.15) is 6.04 Å². The van der Waals surface area contributed by atoms with E-state index in [0.717, 1.165) is 36.2 Å². The molecule has 0 aliphatic carbocycles. The fourth-order valence-electron chi connectivity index (χ4n) is 4.16. The Morgan fingerprint density at radius 3 is 2.41 bits per heavy atom. The number of anilines is 1. The van der Waals surface area contributed by atoms with Gasteiger partial charge >= 0.3 is 5.97 Å². The molecule has 2 atom stereocenters. The number of carboxylic acids is 1. The van der Waals surface area contributed by atoms with E-state index >= 15 is 0 Å². The molecule has 1 aliphatic rings. The molecule has 1 heterocycles. The molecule has 1 saturated heterocycles. The molecule has 0 spiro atoms. The maximum absolute atomic E-state index is 12.0. The van der Waals surface area contributed by atoms with Crippen LogP contribution in [-0.4, -0.2) is 56.9 Å². The van der Waals surface area contributed by atoms with Gasteiger partial charge in [-0.2, -0.15) is 0 Å². The third kappa shape index (κ3) is 4.32. The average molecular weight is 399 g/mol. The molecular formula is C23H30N2O4. The maximum Gasteiger partial charge on any atom is 0.320 e. The van der Waals surface area contributed by atoms with Crippen LogP contribution in [0.5, 0.6) is 11.5 Å². The molecule has 1 N–H and O–H groups in total. The highest BCUT2D eigenvalue weighted by Gasteiger charge is 2.36. The van der Waals surface area contributed by atoms with Gasteiger partial charge in [0.15, 0.2) is 11.5 Å². The van der Waals surface area contributed by atoms with Gasteiger partial charge in [-0.3, -0.25) is 9.69 Å². The molecule has 3 rings (SSSR count). The Morgan fingerprint density at radius 2 is 1.83 bits per heavy atom. The highest BCUT2D eigenvalue weighted by molar-refractivity contribution is 5.74. The second kappa shape index (κ2) is 9.18. The SMILES string of the molecule is COc1cccc(C(c2ccc(N(C)C)cc2)N2CCCCC2C(=O)O)c1OC. The number of hydrogen-bond donors (Lipinski definition) is 1. The van der Waals surface area contributed by atoms with Crippen LogP contribution >= 0.6 is 0 Å². The van der Waals surface area contributed by atoms with Crippen molar-refractivity contribution in [3.8, 4) is 11.5 Å². The van der Waals surface area contributed by atoms with E-state index in [1.165, 1.54) is 0 Å². The monoisotopic (exact) mass is 398 g/mol. The summed E-state index contributed by atoms with van der Waals surface area (Å²) in [7, 11) is 7.24. The largest absolute Gasteiger partial charge is 0.493 e. The number of para-hydroxylation sites is 1. The summed E-state index contributed by atoms with van der Waals surface area (Å²) in [6.45, 7) is 0.720. The fourth-order valence-corrected chi connectivity index (χ4v) is 4.16. The summed E-state index contributed by atoms with van der Waals surface area (Å²) < 4.78 is 11.2. The molecule has 2 unspecified atom stereocenters. The van der Waals surface area contributed by atoms with Crippen LogP contribution in [-0.2, 0) is 4.79 Å². The molecule has 29 heavy (non-hydrogen) atoms. The van der Waals surface area contributed by atoms with Gasteiger partial charge < -0.3 is 19.5 Å². The van der Waals surface area contributed by atoms with Crippen molar-refractivity contribution in [1.29, 1.82) is 0 Å². The van der Waals surface area contributed by atoms with Gasteiger partial charge in [0, 0.05) is 25.3 Å². The van der Waals surface area contributed by atoms with E-state index in [2.05, 4.69) is 29.2 Å². The maximum atomic E-state index is 12.0. The summed E-state index contributed by atoms with van der Waals surface area (Å²) in [6, 6.07) is 13.3.